The number of methoxy groups -OCH3 is 1. The van der Waals surface area contributed by atoms with E-state index < -0.39 is 18.4 Å². The molecular weight excluding hydrogens is 401 g/mol. The van der Waals surface area contributed by atoms with Crippen molar-refractivity contribution in [3.63, 3.8) is 0 Å². The number of rotatable bonds is 6. The van der Waals surface area contributed by atoms with E-state index >= 15 is 0 Å². The number of halogens is 3. The van der Waals surface area contributed by atoms with E-state index in [0.29, 0.717) is 10.6 Å². The summed E-state index contributed by atoms with van der Waals surface area (Å²) in [5.74, 6) is 0.0625. The van der Waals surface area contributed by atoms with E-state index in [1.165, 1.54) is 4.90 Å². The van der Waals surface area contributed by atoms with Crippen molar-refractivity contribution in [1.82, 2.24) is 4.90 Å². The van der Waals surface area contributed by atoms with Crippen LogP contribution in [0, 0.1) is 5.92 Å². The Labute approximate surface area is 175 Å². The molecule has 0 aromatic carbocycles. The second-order valence-corrected chi connectivity index (χ2v) is 9.76. The molecule has 1 aliphatic heterocycles. The van der Waals surface area contributed by atoms with Gasteiger partial charge < -0.3 is 15.6 Å². The molecular formula is C21H33F3N2O2S. The van der Waals surface area contributed by atoms with Crippen LogP contribution in [0.3, 0.4) is 0 Å². The minimum atomic E-state index is -4.43. The highest BCUT2D eigenvalue weighted by atomic mass is 32.2. The van der Waals surface area contributed by atoms with Crippen molar-refractivity contribution >= 4 is 11.8 Å². The summed E-state index contributed by atoms with van der Waals surface area (Å²) in [6.07, 6.45) is 3.72. The molecule has 0 aromatic heterocycles. The number of nitrogens with two attached hydrogens (primary N) is 1. The largest absolute Gasteiger partial charge is 0.403 e. The van der Waals surface area contributed by atoms with Gasteiger partial charge in [0.25, 0.3) is 0 Å². The first-order valence-corrected chi connectivity index (χ1v) is 11.5. The zero-order valence-corrected chi connectivity index (χ0v) is 18.1. The molecule has 2 aliphatic carbocycles. The molecule has 0 amide bonds. The predicted molar refractivity (Wildman–Crippen MR) is 110 cm³/mol. The Balaban J connectivity index is 1.87. The maximum Gasteiger partial charge on any atom is 0.403 e. The lowest BCUT2D eigenvalue weighted by Gasteiger charge is -2.38. The lowest BCUT2D eigenvalue weighted by molar-refractivity contribution is -0.195. The molecule has 8 heteroatoms. The molecule has 29 heavy (non-hydrogen) atoms. The minimum absolute atomic E-state index is 0.0625. The van der Waals surface area contributed by atoms with Crippen LogP contribution in [0.1, 0.15) is 58.3 Å². The van der Waals surface area contributed by atoms with Gasteiger partial charge in [-0.05, 0) is 44.9 Å². The molecule has 3 aliphatic rings. The van der Waals surface area contributed by atoms with E-state index in [-0.39, 0.29) is 23.8 Å². The molecule has 0 radical (unpaired) electrons. The average Bonchev–Trinajstić information content (AvgIpc) is 2.83. The van der Waals surface area contributed by atoms with Crippen LogP contribution in [0.15, 0.2) is 22.3 Å². The summed E-state index contributed by atoms with van der Waals surface area (Å²) in [7, 11) is 1.61. The molecule has 3 N–H and O–H groups in total. The first-order valence-electron chi connectivity index (χ1n) is 10.6. The number of ether oxygens (including phenoxy) is 1. The zero-order chi connectivity index (χ0) is 21.2. The summed E-state index contributed by atoms with van der Waals surface area (Å²) in [5.41, 5.74) is 7.75. The van der Waals surface area contributed by atoms with Gasteiger partial charge in [0.2, 0.25) is 0 Å². The molecule has 1 saturated carbocycles. The molecule has 1 fully saturated rings. The van der Waals surface area contributed by atoms with Gasteiger partial charge in [-0.1, -0.05) is 30.9 Å². The van der Waals surface area contributed by atoms with E-state index in [9.17, 15) is 18.3 Å². The van der Waals surface area contributed by atoms with Gasteiger partial charge in [-0.15, -0.1) is 11.8 Å². The predicted octanol–water partition coefficient (Wildman–Crippen LogP) is 4.55. The number of nitrogens with zero attached hydrogens (tertiary/aromatic N) is 1. The average molecular weight is 435 g/mol. The summed E-state index contributed by atoms with van der Waals surface area (Å²) >= 11 is 1.54. The summed E-state index contributed by atoms with van der Waals surface area (Å²) in [4.78, 5) is 1.18. The molecule has 0 saturated heterocycles. The van der Waals surface area contributed by atoms with E-state index in [1.807, 2.05) is 6.08 Å². The number of hydrogen-bond acceptors (Lipinski definition) is 5. The molecule has 0 aromatic rings. The third-order valence-electron chi connectivity index (χ3n) is 6.57. The van der Waals surface area contributed by atoms with Crippen molar-refractivity contribution < 1.29 is 23.0 Å². The molecule has 5 unspecified atom stereocenters. The highest BCUT2D eigenvalue weighted by molar-refractivity contribution is 8.03. The maximum absolute atomic E-state index is 13.7. The van der Waals surface area contributed by atoms with Gasteiger partial charge in [0.15, 0.2) is 0 Å². The van der Waals surface area contributed by atoms with Crippen molar-refractivity contribution in [3.8, 4) is 0 Å². The quantitative estimate of drug-likeness (QED) is 0.475. The van der Waals surface area contributed by atoms with E-state index in [4.69, 9.17) is 10.5 Å². The Morgan fingerprint density at radius 1 is 1.24 bits per heavy atom. The Hall–Kier alpha value is -0.700. The van der Waals surface area contributed by atoms with Crippen LogP contribution in [0.2, 0.25) is 0 Å². The van der Waals surface area contributed by atoms with Crippen molar-refractivity contribution in [2.45, 2.75) is 88.1 Å². The van der Waals surface area contributed by atoms with Crippen LogP contribution in [0.4, 0.5) is 13.2 Å². The van der Waals surface area contributed by atoms with Crippen LogP contribution in [-0.2, 0) is 4.74 Å². The summed E-state index contributed by atoms with van der Waals surface area (Å²) in [6.45, 7) is 1.20. The molecule has 0 bridgehead atoms. The van der Waals surface area contributed by atoms with Gasteiger partial charge in [-0.2, -0.15) is 13.2 Å². The topological polar surface area (TPSA) is 58.7 Å². The number of hydrogen-bond donors (Lipinski definition) is 2. The van der Waals surface area contributed by atoms with Gasteiger partial charge in [0.1, 0.15) is 12.3 Å². The number of thioether (sulfide) groups is 1. The second-order valence-electron chi connectivity index (χ2n) is 8.48. The fourth-order valence-corrected chi connectivity index (χ4v) is 6.27. The fraction of sp³-hybridized carbons (Fsp3) is 0.810. The smallest absolute Gasteiger partial charge is 0.393 e. The summed E-state index contributed by atoms with van der Waals surface area (Å²) < 4.78 is 46.4. The van der Waals surface area contributed by atoms with Crippen LogP contribution in [0.5, 0.6) is 0 Å². The standard InChI is InChI=1S/C21H33F3N2O2S/c1-13(21(22,23)24)26(12-14-7-6-8-15(11-14)28-2)20(27)18-16-9-4-3-5-10-17(16)29-19(18)25/h11,13,15-17,20,27H,3-10,12,25H2,1-2H3. The molecule has 5 atom stereocenters. The minimum Gasteiger partial charge on any atom is -0.393 e. The third-order valence-corrected chi connectivity index (χ3v) is 7.93. The van der Waals surface area contributed by atoms with Crippen molar-refractivity contribution in [2.75, 3.05) is 13.7 Å². The van der Waals surface area contributed by atoms with E-state index in [2.05, 4.69) is 0 Å². The van der Waals surface area contributed by atoms with Gasteiger partial charge in [-0.3, -0.25) is 4.90 Å². The molecule has 0 spiro atoms. The molecule has 3 rings (SSSR count). The van der Waals surface area contributed by atoms with Gasteiger partial charge in [-0.25, -0.2) is 0 Å². The third kappa shape index (κ3) is 5.32. The van der Waals surface area contributed by atoms with Crippen molar-refractivity contribution in [3.05, 3.63) is 22.3 Å². The van der Waals surface area contributed by atoms with Gasteiger partial charge in [0.05, 0.1) is 11.1 Å². The van der Waals surface area contributed by atoms with Crippen molar-refractivity contribution in [1.29, 1.82) is 0 Å². The van der Waals surface area contributed by atoms with Crippen LogP contribution >= 0.6 is 11.8 Å². The molecule has 4 nitrogen and oxygen atoms in total. The number of aliphatic hydroxyl groups is 1. The maximum atomic E-state index is 13.7. The monoisotopic (exact) mass is 434 g/mol. The number of fused-ring (bicyclic) bond motifs is 1. The highest BCUT2D eigenvalue weighted by Crippen LogP contribution is 2.48. The summed E-state index contributed by atoms with van der Waals surface area (Å²) in [6, 6.07) is -1.77. The van der Waals surface area contributed by atoms with Gasteiger partial charge >= 0.3 is 6.18 Å². The Kier molecular flexibility index (Phi) is 7.62. The first kappa shape index (κ1) is 23.0. The number of alkyl halides is 3. The SMILES string of the molecule is COC1C=C(CN(C(O)C2=C(N)SC3CCCCCC23)C(C)C(F)(F)F)CCC1. The normalized spacial score (nSPS) is 30.7. The number of aliphatic hydroxyl groups excluding tert-OH is 1. The Bertz CT molecular complexity index is 638. The lowest BCUT2D eigenvalue weighted by Crippen LogP contribution is -2.51. The Morgan fingerprint density at radius 2 is 1.97 bits per heavy atom. The Morgan fingerprint density at radius 3 is 2.66 bits per heavy atom. The first-order chi connectivity index (χ1) is 13.7. The second kappa shape index (κ2) is 9.62. The van der Waals surface area contributed by atoms with E-state index in [0.717, 1.165) is 63.9 Å². The molecule has 166 valence electrons. The van der Waals surface area contributed by atoms with Gasteiger partial charge in [0, 0.05) is 24.5 Å². The van der Waals surface area contributed by atoms with Crippen molar-refractivity contribution in [2.24, 2.45) is 11.7 Å². The lowest BCUT2D eigenvalue weighted by atomic mass is 9.89. The zero-order valence-electron chi connectivity index (χ0n) is 17.3. The molecule has 1 heterocycles. The van der Waals surface area contributed by atoms with E-state index in [1.54, 1.807) is 18.9 Å². The highest BCUT2D eigenvalue weighted by Gasteiger charge is 2.46. The summed E-state index contributed by atoms with van der Waals surface area (Å²) in [5, 5.41) is 12.0. The van der Waals surface area contributed by atoms with Crippen LogP contribution in [0.25, 0.3) is 0 Å². The van der Waals surface area contributed by atoms with Crippen LogP contribution in [-0.4, -0.2) is 53.5 Å². The fourth-order valence-electron chi connectivity index (χ4n) is 4.82. The van der Waals surface area contributed by atoms with Crippen LogP contribution < -0.4 is 5.73 Å².